The molecule has 28 heavy (non-hydrogen) atoms. The predicted octanol–water partition coefficient (Wildman–Crippen LogP) is 2.99. The molecule has 0 saturated heterocycles. The zero-order valence-corrected chi connectivity index (χ0v) is 18.0. The van der Waals surface area contributed by atoms with Gasteiger partial charge in [0.1, 0.15) is 0 Å². The van der Waals surface area contributed by atoms with E-state index in [9.17, 15) is 13.2 Å². The van der Waals surface area contributed by atoms with Crippen molar-refractivity contribution in [3.63, 3.8) is 0 Å². The van der Waals surface area contributed by atoms with Crippen molar-refractivity contribution in [2.24, 2.45) is 0 Å². The summed E-state index contributed by atoms with van der Waals surface area (Å²) < 4.78 is 26.8. The molecule has 1 amide bonds. The van der Waals surface area contributed by atoms with E-state index in [1.54, 1.807) is 31.3 Å². The summed E-state index contributed by atoms with van der Waals surface area (Å²) in [5.41, 5.74) is 2.41. The molecule has 6 nitrogen and oxygen atoms in total. The van der Waals surface area contributed by atoms with E-state index in [4.69, 9.17) is 4.98 Å². The lowest BCUT2D eigenvalue weighted by atomic mass is 10.0. The van der Waals surface area contributed by atoms with Crippen molar-refractivity contribution < 1.29 is 13.2 Å². The number of carbonyl (C=O) groups excluding carboxylic acids is 1. The summed E-state index contributed by atoms with van der Waals surface area (Å²) in [5, 5.41) is 4.05. The fourth-order valence-corrected chi connectivity index (χ4v) is 5.60. The van der Waals surface area contributed by atoms with Crippen LogP contribution >= 0.6 is 11.3 Å². The molecule has 2 aromatic rings. The molecule has 2 N–H and O–H groups in total. The highest BCUT2D eigenvalue weighted by molar-refractivity contribution is 7.89. The molecule has 0 radical (unpaired) electrons. The number of fused-ring (bicyclic) bond motifs is 1. The lowest BCUT2D eigenvalue weighted by Gasteiger charge is -2.10. The molecule has 152 valence electrons. The van der Waals surface area contributed by atoms with Gasteiger partial charge in [-0.1, -0.05) is 13.0 Å². The van der Waals surface area contributed by atoms with Gasteiger partial charge >= 0.3 is 0 Å². The number of nitrogens with one attached hydrogen (secondary N) is 2. The highest BCUT2D eigenvalue weighted by Gasteiger charge is 2.18. The van der Waals surface area contributed by atoms with Crippen molar-refractivity contribution in [1.82, 2.24) is 15.0 Å². The third-order valence-electron chi connectivity index (χ3n) is 4.84. The number of thiazole rings is 1. The van der Waals surface area contributed by atoms with Gasteiger partial charge in [-0.2, -0.15) is 0 Å². The molecular weight excluding hydrogens is 394 g/mol. The number of rotatable bonds is 8. The van der Waals surface area contributed by atoms with Crippen LogP contribution in [0.2, 0.25) is 0 Å². The van der Waals surface area contributed by atoms with E-state index in [0.29, 0.717) is 18.7 Å². The summed E-state index contributed by atoms with van der Waals surface area (Å²) in [4.78, 5) is 18.8. The van der Waals surface area contributed by atoms with Crippen LogP contribution in [0.1, 0.15) is 57.7 Å². The van der Waals surface area contributed by atoms with E-state index in [2.05, 4.69) is 10.0 Å². The third-order valence-corrected chi connectivity index (χ3v) is 7.60. The summed E-state index contributed by atoms with van der Waals surface area (Å²) in [7, 11) is -3.58. The van der Waals surface area contributed by atoms with E-state index in [0.717, 1.165) is 36.3 Å². The molecule has 0 saturated carbocycles. The number of hydrogen-bond acceptors (Lipinski definition) is 5. The van der Waals surface area contributed by atoms with E-state index in [1.165, 1.54) is 35.5 Å². The largest absolute Gasteiger partial charge is 0.352 e. The lowest BCUT2D eigenvalue weighted by molar-refractivity contribution is 0.0952. The zero-order valence-electron chi connectivity index (χ0n) is 16.4. The maximum absolute atomic E-state index is 12.5. The number of carbonyl (C=O) groups is 1. The first-order valence-corrected chi connectivity index (χ1v) is 12.1. The summed E-state index contributed by atoms with van der Waals surface area (Å²) in [5.74, 6) is -0.246. The topological polar surface area (TPSA) is 88.2 Å². The molecule has 0 fully saturated rings. The van der Waals surface area contributed by atoms with E-state index < -0.39 is 10.0 Å². The number of sulfonamides is 1. The molecule has 0 spiro atoms. The molecule has 1 aromatic carbocycles. The standard InChI is InChI=1S/C20H27N3O3S2/c1-3-22-28(25,26)15-11-10-14(2)16(13-15)20(24)21-12-6-9-19-23-17-7-4-5-8-18(17)27-19/h10-11,13,22H,3-9,12H2,1-2H3,(H,21,24). The molecule has 0 bridgehead atoms. The summed E-state index contributed by atoms with van der Waals surface area (Å²) >= 11 is 1.80. The highest BCUT2D eigenvalue weighted by Crippen LogP contribution is 2.27. The second-order valence-corrected chi connectivity index (χ2v) is 9.96. The van der Waals surface area contributed by atoms with Crippen LogP contribution in [0.4, 0.5) is 0 Å². The van der Waals surface area contributed by atoms with Crippen LogP contribution in [0.3, 0.4) is 0 Å². The molecule has 0 unspecified atom stereocenters. The third kappa shape index (κ3) is 4.98. The van der Waals surface area contributed by atoms with Gasteiger partial charge in [-0.15, -0.1) is 11.3 Å². The van der Waals surface area contributed by atoms with Crippen molar-refractivity contribution in [2.45, 2.75) is 57.3 Å². The normalized spacial score (nSPS) is 13.9. The lowest BCUT2D eigenvalue weighted by Crippen LogP contribution is -2.27. The van der Waals surface area contributed by atoms with Crippen molar-refractivity contribution in [3.8, 4) is 0 Å². The fourth-order valence-electron chi connectivity index (χ4n) is 3.34. The number of nitrogens with zero attached hydrogens (tertiary/aromatic N) is 1. The monoisotopic (exact) mass is 421 g/mol. The number of aromatic nitrogens is 1. The molecule has 0 atom stereocenters. The smallest absolute Gasteiger partial charge is 0.251 e. The van der Waals surface area contributed by atoms with Crippen LogP contribution in [0, 0.1) is 6.92 Å². The summed E-state index contributed by atoms with van der Waals surface area (Å²) in [6.45, 7) is 4.36. The van der Waals surface area contributed by atoms with Gasteiger partial charge in [0.05, 0.1) is 15.6 Å². The molecule has 1 aliphatic rings. The van der Waals surface area contributed by atoms with Gasteiger partial charge in [0.25, 0.3) is 5.91 Å². The molecule has 1 heterocycles. The van der Waals surface area contributed by atoms with E-state index >= 15 is 0 Å². The van der Waals surface area contributed by atoms with Crippen LogP contribution < -0.4 is 10.0 Å². The van der Waals surface area contributed by atoms with Gasteiger partial charge in [-0.05, 0) is 56.7 Å². The van der Waals surface area contributed by atoms with Crippen molar-refractivity contribution >= 4 is 27.3 Å². The van der Waals surface area contributed by atoms with Crippen LogP contribution in [-0.2, 0) is 29.3 Å². The maximum Gasteiger partial charge on any atom is 0.251 e. The quantitative estimate of drug-likeness (QED) is 0.642. The van der Waals surface area contributed by atoms with E-state index in [1.807, 2.05) is 0 Å². The Bertz CT molecular complexity index is 928. The van der Waals surface area contributed by atoms with Gasteiger partial charge in [-0.3, -0.25) is 4.79 Å². The Morgan fingerprint density at radius 3 is 2.79 bits per heavy atom. The van der Waals surface area contributed by atoms with Gasteiger partial charge in [0.2, 0.25) is 10.0 Å². The number of benzene rings is 1. The van der Waals surface area contributed by atoms with Crippen molar-refractivity contribution in [2.75, 3.05) is 13.1 Å². The van der Waals surface area contributed by atoms with Crippen molar-refractivity contribution in [3.05, 3.63) is 44.9 Å². The van der Waals surface area contributed by atoms with Gasteiger partial charge in [-0.25, -0.2) is 18.1 Å². The average Bonchev–Trinajstić information content (AvgIpc) is 3.08. The first-order valence-electron chi connectivity index (χ1n) is 9.76. The Morgan fingerprint density at radius 2 is 2.04 bits per heavy atom. The average molecular weight is 422 g/mol. The van der Waals surface area contributed by atoms with Crippen molar-refractivity contribution in [1.29, 1.82) is 0 Å². The van der Waals surface area contributed by atoms with Gasteiger partial charge in [0, 0.05) is 30.0 Å². The predicted molar refractivity (Wildman–Crippen MR) is 111 cm³/mol. The molecule has 1 aliphatic carbocycles. The molecule has 0 aliphatic heterocycles. The Kier molecular flexibility index (Phi) is 6.85. The second-order valence-electron chi connectivity index (χ2n) is 7.02. The first kappa shape index (κ1) is 21.0. The number of hydrogen-bond donors (Lipinski definition) is 2. The second kappa shape index (κ2) is 9.15. The summed E-state index contributed by atoms with van der Waals surface area (Å²) in [6.07, 6.45) is 6.39. The Labute approximate surface area is 170 Å². The Morgan fingerprint density at radius 1 is 1.25 bits per heavy atom. The van der Waals surface area contributed by atoms with Gasteiger partial charge in [0.15, 0.2) is 0 Å². The summed E-state index contributed by atoms with van der Waals surface area (Å²) in [6, 6.07) is 4.63. The van der Waals surface area contributed by atoms with E-state index in [-0.39, 0.29) is 10.8 Å². The molecule has 3 rings (SSSR count). The van der Waals surface area contributed by atoms with Gasteiger partial charge < -0.3 is 5.32 Å². The highest BCUT2D eigenvalue weighted by atomic mass is 32.2. The Hall–Kier alpha value is -1.77. The SMILES string of the molecule is CCNS(=O)(=O)c1ccc(C)c(C(=O)NCCCc2nc3c(s2)CCCC3)c1. The minimum atomic E-state index is -3.58. The van der Waals surface area contributed by atoms with Crippen LogP contribution in [0.15, 0.2) is 23.1 Å². The molecule has 1 aromatic heterocycles. The van der Waals surface area contributed by atoms with Crippen LogP contribution in [-0.4, -0.2) is 32.4 Å². The molecule has 8 heteroatoms. The maximum atomic E-state index is 12.5. The molecular formula is C20H27N3O3S2. The van der Waals surface area contributed by atoms with Crippen LogP contribution in [0.25, 0.3) is 0 Å². The fraction of sp³-hybridized carbons (Fsp3) is 0.500. The number of aryl methyl sites for hydroxylation is 4. The zero-order chi connectivity index (χ0) is 20.1. The van der Waals surface area contributed by atoms with Crippen LogP contribution in [0.5, 0.6) is 0 Å². The minimum absolute atomic E-state index is 0.110. The minimum Gasteiger partial charge on any atom is -0.352 e. The number of amides is 1. The Balaban J connectivity index is 1.56. The first-order chi connectivity index (χ1) is 13.4.